The van der Waals surface area contributed by atoms with Crippen molar-refractivity contribution in [2.24, 2.45) is 5.73 Å². The van der Waals surface area contributed by atoms with Crippen LogP contribution >= 0.6 is 0 Å². The molecule has 2 heteroatoms. The second-order valence-corrected chi connectivity index (χ2v) is 3.97. The average Bonchev–Trinajstić information content (AvgIpc) is 2.26. The second-order valence-electron chi connectivity index (χ2n) is 3.97. The molecule has 0 saturated carbocycles. The molecule has 14 heavy (non-hydrogen) atoms. The molecule has 0 aliphatic carbocycles. The van der Waals surface area contributed by atoms with Crippen LogP contribution in [-0.2, 0) is 6.42 Å². The fourth-order valence-corrected chi connectivity index (χ4v) is 2.08. The van der Waals surface area contributed by atoms with Gasteiger partial charge >= 0.3 is 0 Å². The SMILES string of the molecule is NCCCC1CCc2ccccc2N1. The van der Waals surface area contributed by atoms with Gasteiger partial charge in [0.15, 0.2) is 0 Å². The van der Waals surface area contributed by atoms with E-state index in [0.717, 1.165) is 13.0 Å². The molecule has 0 saturated heterocycles. The standard InChI is InChI=1S/C12H18N2/c13-9-3-5-11-8-7-10-4-1-2-6-12(10)14-11/h1-2,4,6,11,14H,3,5,7-9,13H2. The minimum Gasteiger partial charge on any atom is -0.382 e. The van der Waals surface area contributed by atoms with Crippen LogP contribution in [0.2, 0.25) is 0 Å². The fraction of sp³-hybridized carbons (Fsp3) is 0.500. The van der Waals surface area contributed by atoms with E-state index < -0.39 is 0 Å². The number of hydrogen-bond acceptors (Lipinski definition) is 2. The Hall–Kier alpha value is -1.02. The Morgan fingerprint density at radius 2 is 2.21 bits per heavy atom. The number of hydrogen-bond donors (Lipinski definition) is 2. The number of anilines is 1. The molecule has 0 bridgehead atoms. The summed E-state index contributed by atoms with van der Waals surface area (Å²) in [6.45, 7) is 0.805. The van der Waals surface area contributed by atoms with Crippen molar-refractivity contribution in [3.63, 3.8) is 0 Å². The van der Waals surface area contributed by atoms with Gasteiger partial charge in [-0.15, -0.1) is 0 Å². The highest BCUT2D eigenvalue weighted by molar-refractivity contribution is 5.53. The molecular weight excluding hydrogens is 172 g/mol. The Kier molecular flexibility index (Phi) is 3.04. The van der Waals surface area contributed by atoms with Gasteiger partial charge in [-0.25, -0.2) is 0 Å². The van der Waals surface area contributed by atoms with E-state index >= 15 is 0 Å². The summed E-state index contributed by atoms with van der Waals surface area (Å²) in [5.74, 6) is 0. The molecule has 1 atom stereocenters. The van der Waals surface area contributed by atoms with Crippen LogP contribution in [0.4, 0.5) is 5.69 Å². The minimum atomic E-state index is 0.633. The highest BCUT2D eigenvalue weighted by Crippen LogP contribution is 2.25. The lowest BCUT2D eigenvalue weighted by Crippen LogP contribution is -2.25. The molecule has 1 aliphatic heterocycles. The number of aryl methyl sites for hydroxylation is 1. The van der Waals surface area contributed by atoms with Crippen molar-refractivity contribution in [1.29, 1.82) is 0 Å². The summed E-state index contributed by atoms with van der Waals surface area (Å²) in [4.78, 5) is 0. The van der Waals surface area contributed by atoms with Crippen molar-refractivity contribution in [2.75, 3.05) is 11.9 Å². The topological polar surface area (TPSA) is 38.0 Å². The Morgan fingerprint density at radius 3 is 3.07 bits per heavy atom. The van der Waals surface area contributed by atoms with Crippen molar-refractivity contribution in [3.05, 3.63) is 29.8 Å². The summed E-state index contributed by atoms with van der Waals surface area (Å²) in [6, 6.07) is 9.22. The number of rotatable bonds is 3. The molecule has 76 valence electrons. The summed E-state index contributed by atoms with van der Waals surface area (Å²) in [6.07, 6.45) is 4.78. The molecule has 1 aromatic carbocycles. The Balaban J connectivity index is 1.99. The van der Waals surface area contributed by atoms with Crippen LogP contribution in [-0.4, -0.2) is 12.6 Å². The van der Waals surface area contributed by atoms with Crippen LogP contribution in [0, 0.1) is 0 Å². The van der Waals surface area contributed by atoms with Gasteiger partial charge < -0.3 is 11.1 Å². The van der Waals surface area contributed by atoms with Gasteiger partial charge in [0, 0.05) is 11.7 Å². The van der Waals surface area contributed by atoms with E-state index in [-0.39, 0.29) is 0 Å². The van der Waals surface area contributed by atoms with Crippen molar-refractivity contribution >= 4 is 5.69 Å². The van der Waals surface area contributed by atoms with E-state index in [1.165, 1.54) is 30.5 Å². The first-order valence-electron chi connectivity index (χ1n) is 5.44. The van der Waals surface area contributed by atoms with E-state index in [1.54, 1.807) is 0 Å². The van der Waals surface area contributed by atoms with E-state index in [1.807, 2.05) is 0 Å². The van der Waals surface area contributed by atoms with Gasteiger partial charge in [0.05, 0.1) is 0 Å². The molecule has 1 heterocycles. The van der Waals surface area contributed by atoms with E-state index in [0.29, 0.717) is 6.04 Å². The Labute approximate surface area is 85.5 Å². The number of para-hydroxylation sites is 1. The molecule has 0 spiro atoms. The van der Waals surface area contributed by atoms with Crippen LogP contribution in [0.1, 0.15) is 24.8 Å². The highest BCUT2D eigenvalue weighted by Gasteiger charge is 2.15. The molecule has 3 N–H and O–H groups in total. The molecule has 1 unspecified atom stereocenters. The van der Waals surface area contributed by atoms with Crippen molar-refractivity contribution in [1.82, 2.24) is 0 Å². The minimum absolute atomic E-state index is 0.633. The third kappa shape index (κ3) is 2.07. The number of nitrogens with two attached hydrogens (primary N) is 1. The van der Waals surface area contributed by atoms with Crippen molar-refractivity contribution in [3.8, 4) is 0 Å². The van der Waals surface area contributed by atoms with Gasteiger partial charge in [0.2, 0.25) is 0 Å². The summed E-state index contributed by atoms with van der Waals surface area (Å²) < 4.78 is 0. The lowest BCUT2D eigenvalue weighted by Gasteiger charge is -2.26. The lowest BCUT2D eigenvalue weighted by molar-refractivity contribution is 0.567. The van der Waals surface area contributed by atoms with Crippen molar-refractivity contribution < 1.29 is 0 Å². The maximum atomic E-state index is 5.51. The third-order valence-corrected chi connectivity index (χ3v) is 2.90. The summed E-state index contributed by atoms with van der Waals surface area (Å²) in [7, 11) is 0. The number of nitrogens with one attached hydrogen (secondary N) is 1. The fourth-order valence-electron chi connectivity index (χ4n) is 2.08. The van der Waals surface area contributed by atoms with Crippen molar-refractivity contribution in [2.45, 2.75) is 31.7 Å². The normalized spacial score (nSPS) is 19.9. The zero-order chi connectivity index (χ0) is 9.80. The van der Waals surface area contributed by atoms with Gasteiger partial charge in [-0.05, 0) is 43.9 Å². The maximum Gasteiger partial charge on any atom is 0.0374 e. The van der Waals surface area contributed by atoms with Crippen LogP contribution < -0.4 is 11.1 Å². The molecule has 0 fully saturated rings. The summed E-state index contributed by atoms with van der Waals surface area (Å²) in [5, 5.41) is 3.58. The van der Waals surface area contributed by atoms with Gasteiger partial charge in [0.25, 0.3) is 0 Å². The van der Waals surface area contributed by atoms with Crippen LogP contribution in [0.25, 0.3) is 0 Å². The van der Waals surface area contributed by atoms with Crippen LogP contribution in [0.5, 0.6) is 0 Å². The van der Waals surface area contributed by atoms with Gasteiger partial charge in [-0.2, -0.15) is 0 Å². The first-order chi connectivity index (χ1) is 6.90. The molecular formula is C12H18N2. The highest BCUT2D eigenvalue weighted by atomic mass is 14.9. The molecule has 0 amide bonds. The summed E-state index contributed by atoms with van der Waals surface area (Å²) >= 11 is 0. The number of fused-ring (bicyclic) bond motifs is 1. The molecule has 0 radical (unpaired) electrons. The van der Waals surface area contributed by atoms with Crippen LogP contribution in [0.3, 0.4) is 0 Å². The predicted molar refractivity (Wildman–Crippen MR) is 60.5 cm³/mol. The van der Waals surface area contributed by atoms with Crippen LogP contribution in [0.15, 0.2) is 24.3 Å². The molecule has 1 aromatic rings. The predicted octanol–water partition coefficient (Wildman–Crippen LogP) is 2.15. The Bertz CT molecular complexity index is 296. The first kappa shape index (κ1) is 9.53. The van der Waals surface area contributed by atoms with Gasteiger partial charge in [-0.3, -0.25) is 0 Å². The lowest BCUT2D eigenvalue weighted by atomic mass is 9.95. The quantitative estimate of drug-likeness (QED) is 0.766. The zero-order valence-corrected chi connectivity index (χ0v) is 8.50. The molecule has 1 aliphatic rings. The maximum absolute atomic E-state index is 5.51. The largest absolute Gasteiger partial charge is 0.382 e. The summed E-state index contributed by atoms with van der Waals surface area (Å²) in [5.41, 5.74) is 8.29. The van der Waals surface area contributed by atoms with Gasteiger partial charge in [0.1, 0.15) is 0 Å². The van der Waals surface area contributed by atoms with E-state index in [4.69, 9.17) is 5.73 Å². The third-order valence-electron chi connectivity index (χ3n) is 2.90. The monoisotopic (exact) mass is 190 g/mol. The smallest absolute Gasteiger partial charge is 0.0374 e. The first-order valence-corrected chi connectivity index (χ1v) is 5.44. The average molecular weight is 190 g/mol. The second kappa shape index (κ2) is 4.47. The van der Waals surface area contributed by atoms with Gasteiger partial charge in [-0.1, -0.05) is 18.2 Å². The van der Waals surface area contributed by atoms with E-state index in [9.17, 15) is 0 Å². The molecule has 2 nitrogen and oxygen atoms in total. The number of benzene rings is 1. The zero-order valence-electron chi connectivity index (χ0n) is 8.50. The molecule has 2 rings (SSSR count). The Morgan fingerprint density at radius 1 is 1.36 bits per heavy atom. The molecule has 0 aromatic heterocycles. The van der Waals surface area contributed by atoms with E-state index in [2.05, 4.69) is 29.6 Å².